The van der Waals surface area contributed by atoms with Crippen molar-refractivity contribution in [3.8, 4) is 0 Å². The van der Waals surface area contributed by atoms with Crippen LogP contribution < -0.4 is 9.80 Å². The van der Waals surface area contributed by atoms with Gasteiger partial charge < -0.3 is 9.80 Å². The summed E-state index contributed by atoms with van der Waals surface area (Å²) in [5.74, 6) is 2.03. The molecule has 7 nitrogen and oxygen atoms in total. The van der Waals surface area contributed by atoms with E-state index in [0.29, 0.717) is 0 Å². The lowest BCUT2D eigenvalue weighted by molar-refractivity contribution is 0.636. The molecule has 1 fully saturated rings. The second-order valence-electron chi connectivity index (χ2n) is 5.94. The number of rotatable bonds is 4. The van der Waals surface area contributed by atoms with Crippen molar-refractivity contribution >= 4 is 28.9 Å². The van der Waals surface area contributed by atoms with Gasteiger partial charge in [0.1, 0.15) is 11.3 Å². The molecule has 4 heterocycles. The second kappa shape index (κ2) is 6.87. The normalized spacial score (nSPS) is 15.1. The molecule has 130 valence electrons. The van der Waals surface area contributed by atoms with Crippen molar-refractivity contribution in [3.05, 3.63) is 36.4 Å². The van der Waals surface area contributed by atoms with Crippen molar-refractivity contribution in [2.45, 2.75) is 18.5 Å². The van der Waals surface area contributed by atoms with E-state index in [9.17, 15) is 0 Å². The molecule has 1 aliphatic rings. The Balaban J connectivity index is 1.53. The number of thioether (sulfide) groups is 1. The first kappa shape index (κ1) is 16.1. The van der Waals surface area contributed by atoms with Gasteiger partial charge in [-0.3, -0.25) is 0 Å². The monoisotopic (exact) mass is 355 g/mol. The van der Waals surface area contributed by atoms with Crippen LogP contribution in [0.1, 0.15) is 12.6 Å². The van der Waals surface area contributed by atoms with Gasteiger partial charge in [-0.2, -0.15) is 5.10 Å². The van der Waals surface area contributed by atoms with Crippen LogP contribution in [-0.2, 0) is 6.42 Å². The number of hydrogen-bond acceptors (Lipinski definition) is 7. The van der Waals surface area contributed by atoms with Crippen LogP contribution in [0.3, 0.4) is 0 Å². The molecular weight excluding hydrogens is 334 g/mol. The van der Waals surface area contributed by atoms with Gasteiger partial charge in [-0.25, -0.2) is 19.5 Å². The minimum Gasteiger partial charge on any atom is -0.353 e. The van der Waals surface area contributed by atoms with Gasteiger partial charge in [0.05, 0.1) is 6.20 Å². The molecule has 1 saturated heterocycles. The van der Waals surface area contributed by atoms with Gasteiger partial charge in [0.2, 0.25) is 0 Å². The largest absolute Gasteiger partial charge is 0.353 e. The minimum atomic E-state index is 0.850. The number of aryl methyl sites for hydroxylation is 1. The van der Waals surface area contributed by atoms with Crippen molar-refractivity contribution in [1.29, 1.82) is 0 Å². The second-order valence-corrected chi connectivity index (χ2v) is 6.72. The highest BCUT2D eigenvalue weighted by Gasteiger charge is 2.21. The van der Waals surface area contributed by atoms with Gasteiger partial charge in [-0.15, -0.1) is 0 Å². The summed E-state index contributed by atoms with van der Waals surface area (Å²) >= 11 is 1.60. The van der Waals surface area contributed by atoms with Crippen LogP contribution in [0.25, 0.3) is 5.52 Å². The van der Waals surface area contributed by atoms with Crippen LogP contribution in [0.4, 0.5) is 11.6 Å². The van der Waals surface area contributed by atoms with Crippen LogP contribution in [-0.4, -0.2) is 57.0 Å². The Bertz CT molecular complexity index is 848. The van der Waals surface area contributed by atoms with Crippen molar-refractivity contribution < 1.29 is 0 Å². The molecule has 4 rings (SSSR count). The van der Waals surface area contributed by atoms with Gasteiger partial charge in [-0.05, 0) is 18.7 Å². The predicted octanol–water partition coefficient (Wildman–Crippen LogP) is 2.13. The number of hydrogen-bond donors (Lipinski definition) is 0. The molecule has 1 aliphatic heterocycles. The standard InChI is InChI=1S/C17H21N7S/c1-3-13-12-15(21-17(20-13)25-2)22-8-10-23(11-9-22)16-14-4-5-19-24(14)7-6-18-16/h4-7,12H,3,8-11H2,1-2H3. The third kappa shape index (κ3) is 3.13. The fraction of sp³-hybridized carbons (Fsp3) is 0.412. The van der Waals surface area contributed by atoms with Crippen molar-refractivity contribution in [3.63, 3.8) is 0 Å². The minimum absolute atomic E-state index is 0.850. The van der Waals surface area contributed by atoms with E-state index in [0.717, 1.165) is 60.6 Å². The smallest absolute Gasteiger partial charge is 0.189 e. The number of aromatic nitrogens is 5. The van der Waals surface area contributed by atoms with Gasteiger partial charge in [0.15, 0.2) is 11.0 Å². The summed E-state index contributed by atoms with van der Waals surface area (Å²) in [6.07, 6.45) is 8.45. The number of fused-ring (bicyclic) bond motifs is 1. The maximum atomic E-state index is 4.69. The van der Waals surface area contributed by atoms with Crippen LogP contribution >= 0.6 is 11.8 Å². The fourth-order valence-electron chi connectivity index (χ4n) is 3.13. The molecule has 0 N–H and O–H groups in total. The van der Waals surface area contributed by atoms with E-state index in [1.54, 1.807) is 11.8 Å². The Hall–Kier alpha value is -2.35. The maximum absolute atomic E-state index is 4.69. The Morgan fingerprint density at radius 2 is 1.88 bits per heavy atom. The lowest BCUT2D eigenvalue weighted by Gasteiger charge is -2.36. The van der Waals surface area contributed by atoms with E-state index >= 15 is 0 Å². The molecular formula is C17H21N7S. The van der Waals surface area contributed by atoms with E-state index in [1.165, 1.54) is 0 Å². The van der Waals surface area contributed by atoms with E-state index < -0.39 is 0 Å². The molecule has 0 radical (unpaired) electrons. The summed E-state index contributed by atoms with van der Waals surface area (Å²) < 4.78 is 1.87. The average molecular weight is 355 g/mol. The zero-order valence-corrected chi connectivity index (χ0v) is 15.3. The molecule has 25 heavy (non-hydrogen) atoms. The molecule has 0 unspecified atom stereocenters. The zero-order valence-electron chi connectivity index (χ0n) is 14.5. The third-order valence-electron chi connectivity index (χ3n) is 4.50. The van der Waals surface area contributed by atoms with E-state index in [1.807, 2.05) is 35.4 Å². The molecule has 0 aromatic carbocycles. The molecule has 0 spiro atoms. The molecule has 0 saturated carbocycles. The topological polar surface area (TPSA) is 62.5 Å². The summed E-state index contributed by atoms with van der Waals surface area (Å²) in [5.41, 5.74) is 2.15. The van der Waals surface area contributed by atoms with Crippen LogP contribution in [0.5, 0.6) is 0 Å². The highest BCUT2D eigenvalue weighted by Crippen LogP contribution is 2.23. The van der Waals surface area contributed by atoms with Gasteiger partial charge >= 0.3 is 0 Å². The molecule has 0 bridgehead atoms. The SMILES string of the molecule is CCc1cc(N2CCN(c3nccn4nccc34)CC2)nc(SC)n1. The third-order valence-corrected chi connectivity index (χ3v) is 5.04. The van der Waals surface area contributed by atoms with E-state index in [4.69, 9.17) is 4.98 Å². The molecule has 0 aliphatic carbocycles. The first-order valence-electron chi connectivity index (χ1n) is 8.48. The number of nitrogens with zero attached hydrogens (tertiary/aromatic N) is 7. The molecule has 3 aromatic heterocycles. The Kier molecular flexibility index (Phi) is 4.44. The average Bonchev–Trinajstić information content (AvgIpc) is 3.16. The lowest BCUT2D eigenvalue weighted by Crippen LogP contribution is -2.47. The van der Waals surface area contributed by atoms with Crippen molar-refractivity contribution in [2.75, 3.05) is 42.2 Å². The van der Waals surface area contributed by atoms with Crippen LogP contribution in [0.2, 0.25) is 0 Å². The zero-order chi connectivity index (χ0) is 17.2. The first-order valence-corrected chi connectivity index (χ1v) is 9.71. The quantitative estimate of drug-likeness (QED) is 0.525. The highest BCUT2D eigenvalue weighted by atomic mass is 32.2. The van der Waals surface area contributed by atoms with Gasteiger partial charge in [-0.1, -0.05) is 18.7 Å². The first-order chi connectivity index (χ1) is 12.3. The highest BCUT2D eigenvalue weighted by molar-refractivity contribution is 7.98. The van der Waals surface area contributed by atoms with E-state index in [2.05, 4.69) is 37.9 Å². The van der Waals surface area contributed by atoms with Crippen LogP contribution in [0.15, 0.2) is 35.9 Å². The molecule has 0 amide bonds. The summed E-state index contributed by atoms with van der Waals surface area (Å²) in [7, 11) is 0. The van der Waals surface area contributed by atoms with Gasteiger partial charge in [0.25, 0.3) is 0 Å². The summed E-state index contributed by atoms with van der Waals surface area (Å²) in [5, 5.41) is 5.14. The maximum Gasteiger partial charge on any atom is 0.189 e. The molecule has 0 atom stereocenters. The number of anilines is 2. The Morgan fingerprint density at radius 3 is 2.64 bits per heavy atom. The summed E-state index contributed by atoms with van der Waals surface area (Å²) in [6.45, 7) is 5.80. The summed E-state index contributed by atoms with van der Waals surface area (Å²) in [6, 6.07) is 4.13. The van der Waals surface area contributed by atoms with Crippen molar-refractivity contribution in [1.82, 2.24) is 24.6 Å². The van der Waals surface area contributed by atoms with Gasteiger partial charge in [0, 0.05) is 50.3 Å². The number of piperazine rings is 1. The van der Waals surface area contributed by atoms with Crippen LogP contribution in [0, 0.1) is 0 Å². The van der Waals surface area contributed by atoms with Crippen molar-refractivity contribution in [2.24, 2.45) is 0 Å². The molecule has 3 aromatic rings. The molecule has 8 heteroatoms. The Labute approximate surface area is 151 Å². The fourth-order valence-corrected chi connectivity index (χ4v) is 3.52. The Morgan fingerprint density at radius 1 is 1.08 bits per heavy atom. The van der Waals surface area contributed by atoms with E-state index in [-0.39, 0.29) is 0 Å². The predicted molar refractivity (Wildman–Crippen MR) is 101 cm³/mol. The lowest BCUT2D eigenvalue weighted by atomic mass is 10.2. The summed E-state index contributed by atoms with van der Waals surface area (Å²) in [4.78, 5) is 18.5.